The molecule has 266 valence electrons. The van der Waals surface area contributed by atoms with Crippen molar-refractivity contribution >= 4 is 38.9 Å². The van der Waals surface area contributed by atoms with Crippen LogP contribution >= 0.6 is 11.3 Å². The molecule has 1 aromatic heterocycles. The highest BCUT2D eigenvalue weighted by molar-refractivity contribution is 7.92. The number of likely N-dealkylation sites (tertiary alicyclic amines) is 1. The summed E-state index contributed by atoms with van der Waals surface area (Å²) in [6.45, 7) is 11.2. The van der Waals surface area contributed by atoms with Crippen molar-refractivity contribution in [3.63, 3.8) is 0 Å². The number of rotatable bonds is 12. The molecule has 0 spiro atoms. The lowest BCUT2D eigenvalue weighted by Crippen LogP contribution is -2.64. The Bertz CT molecular complexity index is 1540. The number of carbonyl (C=O) groups is 3. The van der Waals surface area contributed by atoms with E-state index < -0.39 is 56.2 Å². The van der Waals surface area contributed by atoms with Crippen molar-refractivity contribution in [2.24, 2.45) is 11.8 Å². The third kappa shape index (κ3) is 9.64. The Kier molecular flexibility index (Phi) is 12.1. The molecule has 2 unspecified atom stereocenters. The third-order valence-corrected chi connectivity index (χ3v) is 12.8. The molecule has 1 saturated heterocycles. The number of β-amino-alcohol motifs (C(OH)–C–C–N with tert-alkyl or cyclic N) is 1. The molecular formula is C35H53N5O6S2. The lowest BCUT2D eigenvalue weighted by Gasteiger charge is -2.47. The van der Waals surface area contributed by atoms with E-state index >= 15 is 0 Å². The number of aromatic nitrogens is 1. The zero-order valence-corrected chi connectivity index (χ0v) is 30.9. The first-order chi connectivity index (χ1) is 22.4. The first kappa shape index (κ1) is 37.9. The number of aliphatic hydroxyl groups excluding tert-OH is 1. The van der Waals surface area contributed by atoms with E-state index in [-0.39, 0.29) is 24.6 Å². The topological polar surface area (TPSA) is 158 Å². The molecular weight excluding hydrogens is 651 g/mol. The number of nitrogens with zero attached hydrogens (tertiary/aromatic N) is 2. The summed E-state index contributed by atoms with van der Waals surface area (Å²) in [6.07, 6.45) is 5.35. The smallest absolute Gasteiger partial charge is 0.271 e. The molecule has 48 heavy (non-hydrogen) atoms. The first-order valence-electron chi connectivity index (χ1n) is 16.9. The van der Waals surface area contributed by atoms with Crippen LogP contribution in [-0.2, 0) is 25.8 Å². The van der Waals surface area contributed by atoms with Crippen molar-refractivity contribution in [2.75, 3.05) is 19.3 Å². The van der Waals surface area contributed by atoms with Crippen molar-refractivity contribution in [1.82, 2.24) is 25.8 Å². The number of benzene rings is 1. The molecule has 4 rings (SSSR count). The summed E-state index contributed by atoms with van der Waals surface area (Å²) >= 11 is 1.27. The Balaban J connectivity index is 1.62. The van der Waals surface area contributed by atoms with Crippen LogP contribution in [0.15, 0.2) is 35.7 Å². The summed E-state index contributed by atoms with van der Waals surface area (Å²) in [4.78, 5) is 47.2. The normalized spacial score (nSPS) is 22.5. The number of amides is 3. The van der Waals surface area contributed by atoms with Crippen LogP contribution in [0.4, 0.5) is 0 Å². The van der Waals surface area contributed by atoms with Gasteiger partial charge in [0, 0.05) is 30.3 Å². The molecule has 13 heteroatoms. The number of thiazole rings is 1. The Hall–Kier alpha value is -2.87. The number of piperidine rings is 1. The molecule has 2 aliphatic rings. The standard InChI is InChI=1S/C35H53N5O6S2/c1-22-36-27(21-47-22)31(42)38-30(35(5,6)48(7,45)46)33(44)37-26(17-23-13-9-8-10-14-23)29(41)20-40-19-25-16-12-11-15-24(25)18-28(40)32(43)39-34(2,3)4/h8-10,13-14,21,24-26,28-30,41H,11-12,15-20H2,1-7H3,(H,37,44)(H,38,42)(H,39,43)/t24?,25?,26-,28-,29+,30+/m0/s1. The summed E-state index contributed by atoms with van der Waals surface area (Å²) in [7, 11) is -3.86. The van der Waals surface area contributed by atoms with E-state index in [9.17, 15) is 27.9 Å². The second-order valence-electron chi connectivity index (χ2n) is 15.2. The SMILES string of the molecule is Cc1nc(C(=O)N[C@H](C(=O)N[C@@H](Cc2ccccc2)[C@H](O)CN2CC3CCCCC3C[C@H]2C(=O)NC(C)(C)C)C(C)(C)S(C)(=O)=O)cs1. The maximum absolute atomic E-state index is 14.1. The minimum absolute atomic E-state index is 0.0719. The van der Waals surface area contributed by atoms with E-state index in [1.54, 1.807) is 12.3 Å². The molecule has 1 aliphatic carbocycles. The monoisotopic (exact) mass is 703 g/mol. The van der Waals surface area contributed by atoms with Gasteiger partial charge in [0.2, 0.25) is 11.8 Å². The Morgan fingerprint density at radius 3 is 2.27 bits per heavy atom. The lowest BCUT2D eigenvalue weighted by atomic mass is 9.72. The Labute approximate surface area is 289 Å². The van der Waals surface area contributed by atoms with Gasteiger partial charge in [-0.3, -0.25) is 19.3 Å². The number of aryl methyl sites for hydroxylation is 1. The average Bonchev–Trinajstić information content (AvgIpc) is 3.44. The van der Waals surface area contributed by atoms with Gasteiger partial charge in [-0.05, 0) is 78.2 Å². The Morgan fingerprint density at radius 1 is 1.04 bits per heavy atom. The maximum Gasteiger partial charge on any atom is 0.271 e. The average molecular weight is 704 g/mol. The van der Waals surface area contributed by atoms with Crippen molar-refractivity contribution in [2.45, 2.75) is 115 Å². The van der Waals surface area contributed by atoms with Crippen molar-refractivity contribution in [3.05, 3.63) is 52.0 Å². The molecule has 0 radical (unpaired) electrons. The number of hydrogen-bond acceptors (Lipinski definition) is 9. The zero-order chi connectivity index (χ0) is 35.4. The summed E-state index contributed by atoms with van der Waals surface area (Å²) in [5.41, 5.74) is 0.527. The van der Waals surface area contributed by atoms with E-state index in [2.05, 4.69) is 25.8 Å². The summed E-state index contributed by atoms with van der Waals surface area (Å²) in [6, 6.07) is 6.62. The number of aliphatic hydroxyl groups is 1. The van der Waals surface area contributed by atoms with Crippen LogP contribution in [0.25, 0.3) is 0 Å². The van der Waals surface area contributed by atoms with Gasteiger partial charge >= 0.3 is 0 Å². The quantitative estimate of drug-likeness (QED) is 0.263. The fraction of sp³-hybridized carbons (Fsp3) is 0.657. The van der Waals surface area contributed by atoms with Gasteiger partial charge in [0.1, 0.15) is 11.7 Å². The van der Waals surface area contributed by atoms with Crippen LogP contribution in [-0.4, -0.2) is 95.0 Å². The van der Waals surface area contributed by atoms with E-state index in [1.165, 1.54) is 25.2 Å². The number of carbonyl (C=O) groups excluding carboxylic acids is 3. The number of fused-ring (bicyclic) bond motifs is 1. The Morgan fingerprint density at radius 2 is 1.69 bits per heavy atom. The molecule has 1 aromatic carbocycles. The van der Waals surface area contributed by atoms with Crippen molar-refractivity contribution in [1.29, 1.82) is 0 Å². The molecule has 4 N–H and O–H groups in total. The van der Waals surface area contributed by atoms with E-state index in [0.29, 0.717) is 29.8 Å². The second kappa shape index (κ2) is 15.3. The van der Waals surface area contributed by atoms with Crippen LogP contribution in [0.3, 0.4) is 0 Å². The van der Waals surface area contributed by atoms with Gasteiger partial charge in [-0.1, -0.05) is 49.6 Å². The summed E-state index contributed by atoms with van der Waals surface area (Å²) in [5, 5.41) is 22.8. The molecule has 2 fully saturated rings. The van der Waals surface area contributed by atoms with Crippen LogP contribution in [0.2, 0.25) is 0 Å². The molecule has 0 bridgehead atoms. The van der Waals surface area contributed by atoms with Crippen molar-refractivity contribution < 1.29 is 27.9 Å². The molecule has 2 heterocycles. The maximum atomic E-state index is 14.1. The van der Waals surface area contributed by atoms with E-state index in [0.717, 1.165) is 37.5 Å². The van der Waals surface area contributed by atoms with Crippen LogP contribution < -0.4 is 16.0 Å². The highest BCUT2D eigenvalue weighted by Gasteiger charge is 2.46. The molecule has 1 aliphatic heterocycles. The van der Waals surface area contributed by atoms with Gasteiger partial charge in [0.25, 0.3) is 5.91 Å². The summed E-state index contributed by atoms with van der Waals surface area (Å²) < 4.78 is 24.2. The highest BCUT2D eigenvalue weighted by Crippen LogP contribution is 2.39. The van der Waals surface area contributed by atoms with Gasteiger partial charge in [0.15, 0.2) is 9.84 Å². The summed E-state index contributed by atoms with van der Waals surface area (Å²) in [5.74, 6) is -0.599. The largest absolute Gasteiger partial charge is 0.390 e. The van der Waals surface area contributed by atoms with Gasteiger partial charge in [-0.2, -0.15) is 0 Å². The fourth-order valence-corrected chi connectivity index (χ4v) is 8.04. The minimum atomic E-state index is -3.86. The predicted molar refractivity (Wildman–Crippen MR) is 188 cm³/mol. The molecule has 1 saturated carbocycles. The van der Waals surface area contributed by atoms with E-state index in [4.69, 9.17) is 0 Å². The van der Waals surface area contributed by atoms with E-state index in [1.807, 2.05) is 51.1 Å². The van der Waals surface area contributed by atoms with Crippen LogP contribution in [0, 0.1) is 18.8 Å². The molecule has 3 amide bonds. The molecule has 6 atom stereocenters. The second-order valence-corrected chi connectivity index (χ2v) is 18.8. The number of sulfone groups is 1. The number of hydrogen-bond donors (Lipinski definition) is 4. The lowest BCUT2D eigenvalue weighted by molar-refractivity contribution is -0.133. The van der Waals surface area contributed by atoms with Crippen LogP contribution in [0.1, 0.15) is 87.8 Å². The van der Waals surface area contributed by atoms with Gasteiger partial charge < -0.3 is 21.1 Å². The van der Waals surface area contributed by atoms with Gasteiger partial charge in [0.05, 0.1) is 27.9 Å². The zero-order valence-electron chi connectivity index (χ0n) is 29.3. The fourth-order valence-electron chi connectivity index (χ4n) is 6.85. The van der Waals surface area contributed by atoms with Gasteiger partial charge in [-0.25, -0.2) is 13.4 Å². The number of nitrogens with one attached hydrogen (secondary N) is 3. The molecule has 2 aromatic rings. The molecule has 11 nitrogen and oxygen atoms in total. The minimum Gasteiger partial charge on any atom is -0.390 e. The predicted octanol–water partition coefficient (Wildman–Crippen LogP) is 3.26. The first-order valence-corrected chi connectivity index (χ1v) is 19.6. The highest BCUT2D eigenvalue weighted by atomic mass is 32.2. The van der Waals surface area contributed by atoms with Gasteiger partial charge in [-0.15, -0.1) is 11.3 Å². The van der Waals surface area contributed by atoms with Crippen molar-refractivity contribution in [3.8, 4) is 0 Å². The third-order valence-electron chi connectivity index (χ3n) is 9.86. The van der Waals surface area contributed by atoms with Crippen LogP contribution in [0.5, 0.6) is 0 Å².